The molecular formula is C15H21N3O2. The Morgan fingerprint density at radius 1 is 1.30 bits per heavy atom. The van der Waals surface area contributed by atoms with Crippen molar-refractivity contribution in [3.05, 3.63) is 35.7 Å². The summed E-state index contributed by atoms with van der Waals surface area (Å²) in [4.78, 5) is 4.44. The third-order valence-corrected chi connectivity index (χ3v) is 3.06. The van der Waals surface area contributed by atoms with E-state index in [1.54, 1.807) is 7.11 Å². The van der Waals surface area contributed by atoms with Crippen LogP contribution in [0.2, 0.25) is 0 Å². The standard InChI is InChI=1S/C15H21N3O2/c1-4-16-13(10-19-3)9-14-17-15(18-20-14)12-7-5-11(2)6-8-12/h5-8,13,16H,4,9-10H2,1-3H3. The zero-order valence-corrected chi connectivity index (χ0v) is 12.2. The zero-order chi connectivity index (χ0) is 14.4. The van der Waals surface area contributed by atoms with Gasteiger partial charge in [-0.15, -0.1) is 0 Å². The van der Waals surface area contributed by atoms with Crippen LogP contribution >= 0.6 is 0 Å². The SMILES string of the molecule is CCNC(COC)Cc1nc(-c2ccc(C)cc2)no1. The number of nitrogens with one attached hydrogen (secondary N) is 1. The summed E-state index contributed by atoms with van der Waals surface area (Å²) in [6, 6.07) is 8.27. The van der Waals surface area contributed by atoms with Gasteiger partial charge in [0.15, 0.2) is 0 Å². The van der Waals surface area contributed by atoms with E-state index in [0.717, 1.165) is 12.1 Å². The van der Waals surface area contributed by atoms with Crippen LogP contribution in [0.25, 0.3) is 11.4 Å². The summed E-state index contributed by atoms with van der Waals surface area (Å²) in [5.41, 5.74) is 2.18. The Bertz CT molecular complexity index is 516. The summed E-state index contributed by atoms with van der Waals surface area (Å²) in [6.07, 6.45) is 0.667. The number of nitrogens with zero attached hydrogens (tertiary/aromatic N) is 2. The second-order valence-corrected chi connectivity index (χ2v) is 4.79. The summed E-state index contributed by atoms with van der Waals surface area (Å²) in [5.74, 6) is 1.26. The van der Waals surface area contributed by atoms with E-state index in [4.69, 9.17) is 9.26 Å². The number of aromatic nitrogens is 2. The molecule has 2 aromatic rings. The highest BCUT2D eigenvalue weighted by molar-refractivity contribution is 5.54. The van der Waals surface area contributed by atoms with Crippen LogP contribution in [0.15, 0.2) is 28.8 Å². The minimum atomic E-state index is 0.191. The lowest BCUT2D eigenvalue weighted by Crippen LogP contribution is -2.35. The first-order valence-corrected chi connectivity index (χ1v) is 6.85. The molecule has 1 aromatic heterocycles. The van der Waals surface area contributed by atoms with E-state index < -0.39 is 0 Å². The van der Waals surface area contributed by atoms with E-state index in [0.29, 0.717) is 24.7 Å². The number of rotatable bonds is 7. The largest absolute Gasteiger partial charge is 0.383 e. The Balaban J connectivity index is 2.06. The summed E-state index contributed by atoms with van der Waals surface area (Å²) in [7, 11) is 1.69. The summed E-state index contributed by atoms with van der Waals surface area (Å²) >= 11 is 0. The normalized spacial score (nSPS) is 12.6. The maximum absolute atomic E-state index is 5.32. The van der Waals surface area contributed by atoms with Crippen molar-refractivity contribution in [3.8, 4) is 11.4 Å². The smallest absolute Gasteiger partial charge is 0.228 e. The Kier molecular flexibility index (Phi) is 5.26. The van der Waals surface area contributed by atoms with Gasteiger partial charge in [-0.2, -0.15) is 4.98 Å². The lowest BCUT2D eigenvalue weighted by Gasteiger charge is -2.14. The average molecular weight is 275 g/mol. The monoisotopic (exact) mass is 275 g/mol. The first-order chi connectivity index (χ1) is 9.72. The zero-order valence-electron chi connectivity index (χ0n) is 12.2. The predicted octanol–water partition coefficient (Wildman–Crippen LogP) is 2.21. The van der Waals surface area contributed by atoms with Crippen LogP contribution < -0.4 is 5.32 Å². The van der Waals surface area contributed by atoms with Crippen molar-refractivity contribution in [3.63, 3.8) is 0 Å². The molecule has 0 saturated carbocycles. The minimum Gasteiger partial charge on any atom is -0.383 e. The molecule has 0 spiro atoms. The fourth-order valence-electron chi connectivity index (χ4n) is 2.05. The van der Waals surface area contributed by atoms with E-state index in [2.05, 4.69) is 29.3 Å². The van der Waals surface area contributed by atoms with Crippen molar-refractivity contribution < 1.29 is 9.26 Å². The number of ether oxygens (including phenoxy) is 1. The third-order valence-electron chi connectivity index (χ3n) is 3.06. The number of hydrogen-bond acceptors (Lipinski definition) is 5. The predicted molar refractivity (Wildman–Crippen MR) is 77.5 cm³/mol. The molecule has 1 aromatic carbocycles. The van der Waals surface area contributed by atoms with Gasteiger partial charge in [0.05, 0.1) is 6.61 Å². The first-order valence-electron chi connectivity index (χ1n) is 6.85. The van der Waals surface area contributed by atoms with Crippen molar-refractivity contribution in [2.45, 2.75) is 26.3 Å². The van der Waals surface area contributed by atoms with Gasteiger partial charge in [-0.3, -0.25) is 0 Å². The summed E-state index contributed by atoms with van der Waals surface area (Å²) in [6.45, 7) is 5.62. The molecular weight excluding hydrogens is 254 g/mol. The minimum absolute atomic E-state index is 0.191. The van der Waals surface area contributed by atoms with Gasteiger partial charge in [0.1, 0.15) is 0 Å². The van der Waals surface area contributed by atoms with Gasteiger partial charge in [0.2, 0.25) is 11.7 Å². The van der Waals surface area contributed by atoms with Crippen molar-refractivity contribution in [1.29, 1.82) is 0 Å². The van der Waals surface area contributed by atoms with E-state index in [1.807, 2.05) is 24.3 Å². The van der Waals surface area contributed by atoms with Crippen molar-refractivity contribution in [2.75, 3.05) is 20.3 Å². The van der Waals surface area contributed by atoms with Crippen molar-refractivity contribution in [2.24, 2.45) is 0 Å². The van der Waals surface area contributed by atoms with E-state index in [9.17, 15) is 0 Å². The van der Waals surface area contributed by atoms with E-state index in [1.165, 1.54) is 5.56 Å². The second kappa shape index (κ2) is 7.17. The van der Waals surface area contributed by atoms with Crippen LogP contribution in [0.5, 0.6) is 0 Å². The average Bonchev–Trinajstić information content (AvgIpc) is 2.89. The van der Waals surface area contributed by atoms with Gasteiger partial charge >= 0.3 is 0 Å². The number of aryl methyl sites for hydroxylation is 1. The number of methoxy groups -OCH3 is 1. The third kappa shape index (κ3) is 3.88. The van der Waals surface area contributed by atoms with Gasteiger partial charge < -0.3 is 14.6 Å². The Morgan fingerprint density at radius 2 is 2.05 bits per heavy atom. The van der Waals surface area contributed by atoms with Crippen LogP contribution in [0.1, 0.15) is 18.4 Å². The lowest BCUT2D eigenvalue weighted by molar-refractivity contribution is 0.162. The lowest BCUT2D eigenvalue weighted by atomic mass is 10.1. The summed E-state index contributed by atoms with van der Waals surface area (Å²) < 4.78 is 10.5. The Hall–Kier alpha value is -1.72. The molecule has 0 aliphatic rings. The Labute approximate surface area is 119 Å². The molecule has 0 aliphatic heterocycles. The van der Waals surface area contributed by atoms with Gasteiger partial charge in [0, 0.05) is 25.1 Å². The topological polar surface area (TPSA) is 60.2 Å². The molecule has 2 rings (SSSR count). The fourth-order valence-corrected chi connectivity index (χ4v) is 2.05. The number of benzene rings is 1. The summed E-state index contributed by atoms with van der Waals surface area (Å²) in [5, 5.41) is 7.37. The molecule has 1 atom stereocenters. The van der Waals surface area contributed by atoms with Crippen LogP contribution in [0.3, 0.4) is 0 Å². The van der Waals surface area contributed by atoms with Gasteiger partial charge in [-0.1, -0.05) is 41.9 Å². The molecule has 0 fully saturated rings. The number of hydrogen-bond donors (Lipinski definition) is 1. The van der Waals surface area contributed by atoms with E-state index in [-0.39, 0.29) is 6.04 Å². The van der Waals surface area contributed by atoms with Gasteiger partial charge in [-0.25, -0.2) is 0 Å². The Morgan fingerprint density at radius 3 is 2.70 bits per heavy atom. The molecule has 0 bridgehead atoms. The molecule has 5 nitrogen and oxygen atoms in total. The molecule has 0 amide bonds. The van der Waals surface area contributed by atoms with Crippen LogP contribution in [-0.4, -0.2) is 36.4 Å². The van der Waals surface area contributed by atoms with Gasteiger partial charge in [0.25, 0.3) is 0 Å². The maximum Gasteiger partial charge on any atom is 0.228 e. The molecule has 5 heteroatoms. The molecule has 0 saturated heterocycles. The van der Waals surface area contributed by atoms with Crippen LogP contribution in [0.4, 0.5) is 0 Å². The quantitative estimate of drug-likeness (QED) is 0.839. The van der Waals surface area contributed by atoms with Crippen molar-refractivity contribution >= 4 is 0 Å². The first kappa shape index (κ1) is 14.7. The van der Waals surface area contributed by atoms with Gasteiger partial charge in [-0.05, 0) is 13.5 Å². The maximum atomic E-state index is 5.32. The van der Waals surface area contributed by atoms with Crippen molar-refractivity contribution in [1.82, 2.24) is 15.5 Å². The highest BCUT2D eigenvalue weighted by atomic mass is 16.5. The van der Waals surface area contributed by atoms with E-state index >= 15 is 0 Å². The van der Waals surface area contributed by atoms with Crippen LogP contribution in [-0.2, 0) is 11.2 Å². The molecule has 0 radical (unpaired) electrons. The van der Waals surface area contributed by atoms with Crippen LogP contribution in [0, 0.1) is 6.92 Å². The molecule has 20 heavy (non-hydrogen) atoms. The molecule has 1 N–H and O–H groups in total. The fraction of sp³-hybridized carbons (Fsp3) is 0.467. The number of likely N-dealkylation sites (N-methyl/N-ethyl adjacent to an activating group) is 1. The molecule has 1 unspecified atom stereocenters. The highest BCUT2D eigenvalue weighted by Crippen LogP contribution is 2.16. The highest BCUT2D eigenvalue weighted by Gasteiger charge is 2.14. The molecule has 1 heterocycles. The molecule has 108 valence electrons. The molecule has 0 aliphatic carbocycles. The second-order valence-electron chi connectivity index (χ2n) is 4.79.